The predicted molar refractivity (Wildman–Crippen MR) is 82.7 cm³/mol. The molecule has 0 radical (unpaired) electrons. The minimum absolute atomic E-state index is 0.0354. The number of rotatable bonds is 5. The van der Waals surface area contributed by atoms with E-state index in [1.807, 2.05) is 0 Å². The number of amides is 1. The average molecular weight is 309 g/mol. The molecule has 5 heteroatoms. The van der Waals surface area contributed by atoms with Gasteiger partial charge in [-0.1, -0.05) is 43.9 Å². The van der Waals surface area contributed by atoms with Gasteiger partial charge in [0.1, 0.15) is 0 Å². The highest BCUT2D eigenvalue weighted by Gasteiger charge is 2.18. The summed E-state index contributed by atoms with van der Waals surface area (Å²) in [5.74, 6) is -0.281. The topological polar surface area (TPSA) is 63.2 Å². The smallest absolute Gasteiger partial charge is 0.221 e. The summed E-state index contributed by atoms with van der Waals surface area (Å²) in [6.07, 6.45) is 6.81. The average Bonchev–Trinajstić information content (AvgIpc) is 2.75. The van der Waals surface area contributed by atoms with Gasteiger partial charge in [0.15, 0.2) is 9.84 Å². The fraction of sp³-hybridized carbons (Fsp3) is 0.562. The SMILES string of the molecule is O=C(CCS(=O)(=O)c1ccccc1)NC1CCCCCC1. The number of hydrogen-bond acceptors (Lipinski definition) is 3. The van der Waals surface area contributed by atoms with Crippen LogP contribution in [0.25, 0.3) is 0 Å². The van der Waals surface area contributed by atoms with E-state index in [-0.39, 0.29) is 29.0 Å². The Bertz CT molecular complexity index is 546. The first kappa shape index (κ1) is 16.0. The number of nitrogens with one attached hydrogen (secondary N) is 1. The molecule has 21 heavy (non-hydrogen) atoms. The fourth-order valence-corrected chi connectivity index (χ4v) is 3.96. The van der Waals surface area contributed by atoms with Crippen LogP contribution in [0.1, 0.15) is 44.9 Å². The summed E-state index contributed by atoms with van der Waals surface area (Å²) in [5, 5.41) is 2.98. The molecule has 1 amide bonds. The van der Waals surface area contributed by atoms with Crippen LogP contribution >= 0.6 is 0 Å². The Morgan fingerprint density at radius 1 is 1.05 bits per heavy atom. The summed E-state index contributed by atoms with van der Waals surface area (Å²) < 4.78 is 24.2. The number of sulfone groups is 1. The van der Waals surface area contributed by atoms with Crippen LogP contribution in [0.5, 0.6) is 0 Å². The van der Waals surface area contributed by atoms with Gasteiger partial charge >= 0.3 is 0 Å². The first-order chi connectivity index (χ1) is 10.1. The minimum Gasteiger partial charge on any atom is -0.353 e. The molecule has 0 atom stereocenters. The van der Waals surface area contributed by atoms with Gasteiger partial charge in [0.2, 0.25) is 5.91 Å². The summed E-state index contributed by atoms with van der Waals surface area (Å²) in [6.45, 7) is 0. The maximum Gasteiger partial charge on any atom is 0.221 e. The van der Waals surface area contributed by atoms with Crippen LogP contribution in [-0.4, -0.2) is 26.1 Å². The Hall–Kier alpha value is -1.36. The van der Waals surface area contributed by atoms with Crippen molar-refractivity contribution in [2.45, 2.75) is 55.9 Å². The second-order valence-electron chi connectivity index (χ2n) is 5.64. The van der Waals surface area contributed by atoms with Crippen molar-refractivity contribution in [2.24, 2.45) is 0 Å². The molecule has 0 saturated heterocycles. The third-order valence-corrected chi connectivity index (χ3v) is 5.65. The van der Waals surface area contributed by atoms with Gasteiger partial charge in [-0.25, -0.2) is 8.42 Å². The summed E-state index contributed by atoms with van der Waals surface area (Å²) in [6, 6.07) is 8.52. The molecule has 0 spiro atoms. The monoisotopic (exact) mass is 309 g/mol. The highest BCUT2D eigenvalue weighted by atomic mass is 32.2. The first-order valence-corrected chi connectivity index (χ1v) is 9.30. The number of benzene rings is 1. The molecule has 1 aliphatic rings. The highest BCUT2D eigenvalue weighted by Crippen LogP contribution is 2.17. The van der Waals surface area contributed by atoms with Crippen LogP contribution in [0.4, 0.5) is 0 Å². The number of carbonyl (C=O) groups is 1. The van der Waals surface area contributed by atoms with Crippen LogP contribution in [0, 0.1) is 0 Å². The van der Waals surface area contributed by atoms with Crippen molar-refractivity contribution in [3.63, 3.8) is 0 Å². The Kier molecular flexibility index (Phi) is 5.79. The standard InChI is InChI=1S/C16H23NO3S/c18-16(17-14-8-4-1-2-5-9-14)12-13-21(19,20)15-10-6-3-7-11-15/h3,6-7,10-11,14H,1-2,4-5,8-9,12-13H2,(H,17,18). The third-order valence-electron chi connectivity index (χ3n) is 3.92. The maximum atomic E-state index is 12.1. The quantitative estimate of drug-likeness (QED) is 0.851. The van der Waals surface area contributed by atoms with E-state index in [2.05, 4.69) is 5.32 Å². The lowest BCUT2D eigenvalue weighted by atomic mass is 10.1. The summed E-state index contributed by atoms with van der Waals surface area (Å²) in [4.78, 5) is 12.2. The zero-order chi connectivity index (χ0) is 15.1. The predicted octanol–water partition coefficient (Wildman–Crippen LogP) is 2.69. The highest BCUT2D eigenvalue weighted by molar-refractivity contribution is 7.91. The minimum atomic E-state index is -3.36. The Labute approximate surface area is 126 Å². The molecule has 1 N–H and O–H groups in total. The lowest BCUT2D eigenvalue weighted by Crippen LogP contribution is -2.35. The molecule has 0 unspecified atom stereocenters. The molecule has 1 aromatic carbocycles. The van der Waals surface area contributed by atoms with Gasteiger partial charge in [-0.05, 0) is 25.0 Å². The molecule has 0 aliphatic heterocycles. The molecule has 2 rings (SSSR count). The second kappa shape index (κ2) is 7.59. The van der Waals surface area contributed by atoms with Crippen LogP contribution < -0.4 is 5.32 Å². The van der Waals surface area contributed by atoms with Crippen molar-refractivity contribution >= 4 is 15.7 Å². The van der Waals surface area contributed by atoms with E-state index in [0.29, 0.717) is 0 Å². The van der Waals surface area contributed by atoms with Crippen molar-refractivity contribution in [1.29, 1.82) is 0 Å². The fourth-order valence-electron chi connectivity index (χ4n) is 2.70. The molecule has 1 saturated carbocycles. The lowest BCUT2D eigenvalue weighted by Gasteiger charge is -2.16. The van der Waals surface area contributed by atoms with Gasteiger partial charge in [-0.3, -0.25) is 4.79 Å². The molecular formula is C16H23NO3S. The second-order valence-corrected chi connectivity index (χ2v) is 7.75. The van der Waals surface area contributed by atoms with E-state index < -0.39 is 9.84 Å². The largest absolute Gasteiger partial charge is 0.353 e. The molecule has 1 fully saturated rings. The van der Waals surface area contributed by atoms with Crippen LogP contribution in [0.3, 0.4) is 0 Å². The van der Waals surface area contributed by atoms with Crippen molar-refractivity contribution < 1.29 is 13.2 Å². The van der Waals surface area contributed by atoms with Crippen molar-refractivity contribution in [1.82, 2.24) is 5.32 Å². The molecule has 4 nitrogen and oxygen atoms in total. The number of hydrogen-bond donors (Lipinski definition) is 1. The summed E-state index contributed by atoms with van der Waals surface area (Å²) in [7, 11) is -3.36. The van der Waals surface area contributed by atoms with Crippen LogP contribution in [0.15, 0.2) is 35.2 Å². The van der Waals surface area contributed by atoms with Gasteiger partial charge in [-0.2, -0.15) is 0 Å². The van der Waals surface area contributed by atoms with Gasteiger partial charge in [0.05, 0.1) is 10.6 Å². The van der Waals surface area contributed by atoms with Crippen molar-refractivity contribution in [3.05, 3.63) is 30.3 Å². The van der Waals surface area contributed by atoms with E-state index in [0.717, 1.165) is 25.7 Å². The van der Waals surface area contributed by atoms with Gasteiger partial charge < -0.3 is 5.32 Å². The van der Waals surface area contributed by atoms with E-state index in [9.17, 15) is 13.2 Å². The van der Waals surface area contributed by atoms with Gasteiger partial charge in [0.25, 0.3) is 0 Å². The molecule has 0 bridgehead atoms. The zero-order valence-corrected chi connectivity index (χ0v) is 13.1. The van der Waals surface area contributed by atoms with Gasteiger partial charge in [-0.15, -0.1) is 0 Å². The molecule has 1 aliphatic carbocycles. The van der Waals surface area contributed by atoms with Crippen LogP contribution in [0.2, 0.25) is 0 Å². The third kappa shape index (κ3) is 5.16. The molecular weight excluding hydrogens is 286 g/mol. The summed E-state index contributed by atoms with van der Waals surface area (Å²) >= 11 is 0. The van der Waals surface area contributed by atoms with Crippen LogP contribution in [-0.2, 0) is 14.6 Å². The maximum absolute atomic E-state index is 12.1. The van der Waals surface area contributed by atoms with E-state index in [1.54, 1.807) is 30.3 Å². The first-order valence-electron chi connectivity index (χ1n) is 7.65. The Morgan fingerprint density at radius 2 is 1.67 bits per heavy atom. The molecule has 0 aromatic heterocycles. The Morgan fingerprint density at radius 3 is 2.29 bits per heavy atom. The van der Waals surface area contributed by atoms with E-state index >= 15 is 0 Å². The van der Waals surface area contributed by atoms with E-state index in [1.165, 1.54) is 12.8 Å². The van der Waals surface area contributed by atoms with E-state index in [4.69, 9.17) is 0 Å². The van der Waals surface area contributed by atoms with Gasteiger partial charge in [0, 0.05) is 12.5 Å². The number of carbonyl (C=O) groups excluding carboxylic acids is 1. The normalized spacial score (nSPS) is 17.1. The Balaban J connectivity index is 1.83. The molecule has 0 heterocycles. The zero-order valence-electron chi connectivity index (χ0n) is 12.3. The molecule has 1 aromatic rings. The molecule has 116 valence electrons. The summed E-state index contributed by atoms with van der Waals surface area (Å²) in [5.41, 5.74) is 0. The van der Waals surface area contributed by atoms with Crippen molar-refractivity contribution in [3.8, 4) is 0 Å². The van der Waals surface area contributed by atoms with Crippen molar-refractivity contribution in [2.75, 3.05) is 5.75 Å². The lowest BCUT2D eigenvalue weighted by molar-refractivity contribution is -0.121.